The number of rotatable bonds is 5. The highest BCUT2D eigenvalue weighted by molar-refractivity contribution is 7.94. The number of ether oxygens (including phenoxy) is 1. The van der Waals surface area contributed by atoms with Crippen molar-refractivity contribution in [2.24, 2.45) is 0 Å². The molecule has 0 amide bonds. The number of nitrogens with zero attached hydrogens (tertiary/aromatic N) is 2. The van der Waals surface area contributed by atoms with Crippen LogP contribution in [-0.2, 0) is 14.8 Å². The van der Waals surface area contributed by atoms with E-state index in [0.29, 0.717) is 11.2 Å². The van der Waals surface area contributed by atoms with Crippen molar-refractivity contribution in [3.05, 3.63) is 47.6 Å². The summed E-state index contributed by atoms with van der Waals surface area (Å²) >= 11 is 1.13. The molecule has 0 atom stereocenters. The van der Waals surface area contributed by atoms with E-state index in [9.17, 15) is 13.2 Å². The molecule has 7 nitrogen and oxygen atoms in total. The van der Waals surface area contributed by atoms with E-state index in [-0.39, 0.29) is 16.4 Å². The van der Waals surface area contributed by atoms with Gasteiger partial charge in [-0.2, -0.15) is 5.10 Å². The maximum absolute atomic E-state index is 12.2. The number of sulfonamides is 1. The first-order valence-electron chi connectivity index (χ1n) is 6.72. The molecule has 3 aromatic rings. The van der Waals surface area contributed by atoms with Crippen LogP contribution in [0, 0.1) is 0 Å². The number of hydrogen-bond donors (Lipinski definition) is 1. The highest BCUT2D eigenvalue weighted by Gasteiger charge is 2.18. The van der Waals surface area contributed by atoms with Crippen LogP contribution in [0.3, 0.4) is 0 Å². The second kappa shape index (κ2) is 6.01. The summed E-state index contributed by atoms with van der Waals surface area (Å²) < 4.78 is 33.6. The van der Waals surface area contributed by atoms with Crippen molar-refractivity contribution < 1.29 is 17.9 Å². The first-order valence-corrected chi connectivity index (χ1v) is 9.08. The van der Waals surface area contributed by atoms with Gasteiger partial charge in [0.2, 0.25) is 0 Å². The normalized spacial score (nSPS) is 11.5. The number of aromatic nitrogens is 2. The molecule has 3 heterocycles. The maximum atomic E-state index is 12.2. The van der Waals surface area contributed by atoms with Crippen molar-refractivity contribution >= 4 is 38.5 Å². The summed E-state index contributed by atoms with van der Waals surface area (Å²) in [5.41, 5.74) is 1.09. The van der Waals surface area contributed by atoms with E-state index in [0.717, 1.165) is 11.3 Å². The molecule has 0 aromatic carbocycles. The molecule has 0 aliphatic rings. The van der Waals surface area contributed by atoms with Crippen molar-refractivity contribution in [3.63, 3.8) is 0 Å². The zero-order valence-corrected chi connectivity index (χ0v) is 13.7. The zero-order valence-electron chi connectivity index (χ0n) is 12.1. The smallest absolute Gasteiger partial charge is 0.341 e. The average Bonchev–Trinajstić information content (AvgIpc) is 3.16. The lowest BCUT2D eigenvalue weighted by molar-refractivity contribution is 0.0528. The molecule has 0 saturated heterocycles. The Morgan fingerprint density at radius 2 is 2.26 bits per heavy atom. The van der Waals surface area contributed by atoms with Crippen LogP contribution >= 0.6 is 11.3 Å². The molecule has 0 bridgehead atoms. The summed E-state index contributed by atoms with van der Waals surface area (Å²) in [4.78, 5) is 11.9. The lowest BCUT2D eigenvalue weighted by Gasteiger charge is -2.07. The highest BCUT2D eigenvalue weighted by atomic mass is 32.2. The van der Waals surface area contributed by atoms with Gasteiger partial charge >= 0.3 is 5.97 Å². The van der Waals surface area contributed by atoms with E-state index in [1.807, 2.05) is 0 Å². The van der Waals surface area contributed by atoms with E-state index in [1.54, 1.807) is 36.7 Å². The average molecular weight is 351 g/mol. The molecular weight excluding hydrogens is 338 g/mol. The molecule has 3 rings (SSSR count). The predicted molar refractivity (Wildman–Crippen MR) is 86.3 cm³/mol. The maximum Gasteiger partial charge on any atom is 0.341 e. The number of pyridine rings is 1. The summed E-state index contributed by atoms with van der Waals surface area (Å²) in [5, 5.41) is 5.74. The second-order valence-corrected chi connectivity index (χ2v) is 7.42. The molecular formula is C14H13N3O4S2. The van der Waals surface area contributed by atoms with E-state index >= 15 is 0 Å². The van der Waals surface area contributed by atoms with Crippen LogP contribution in [-0.4, -0.2) is 30.6 Å². The van der Waals surface area contributed by atoms with Gasteiger partial charge in [-0.25, -0.2) is 17.7 Å². The van der Waals surface area contributed by atoms with Gasteiger partial charge in [0.15, 0.2) is 0 Å². The van der Waals surface area contributed by atoms with Crippen LogP contribution < -0.4 is 4.72 Å². The van der Waals surface area contributed by atoms with Crippen molar-refractivity contribution in [3.8, 4) is 0 Å². The first-order chi connectivity index (χ1) is 11.0. The Morgan fingerprint density at radius 1 is 1.43 bits per heavy atom. The predicted octanol–water partition coefficient (Wildman–Crippen LogP) is 2.37. The molecule has 0 aliphatic carbocycles. The quantitative estimate of drug-likeness (QED) is 0.713. The third-order valence-corrected chi connectivity index (χ3v) is 5.81. The van der Waals surface area contributed by atoms with Crippen LogP contribution in [0.25, 0.3) is 5.52 Å². The molecule has 9 heteroatoms. The zero-order chi connectivity index (χ0) is 16.4. The molecule has 0 spiro atoms. The number of carbonyl (C=O) groups excluding carboxylic acids is 1. The van der Waals surface area contributed by atoms with Crippen molar-refractivity contribution in [1.29, 1.82) is 0 Å². The molecule has 120 valence electrons. The van der Waals surface area contributed by atoms with Gasteiger partial charge in [-0.05, 0) is 30.5 Å². The van der Waals surface area contributed by atoms with Crippen LogP contribution in [0.4, 0.5) is 5.69 Å². The molecule has 0 unspecified atom stereocenters. The van der Waals surface area contributed by atoms with Gasteiger partial charge in [-0.15, -0.1) is 11.3 Å². The Hall–Kier alpha value is -2.39. The molecule has 23 heavy (non-hydrogen) atoms. The van der Waals surface area contributed by atoms with Gasteiger partial charge in [0.1, 0.15) is 9.77 Å². The summed E-state index contributed by atoms with van der Waals surface area (Å²) in [6, 6.07) is 6.30. The van der Waals surface area contributed by atoms with Crippen LogP contribution in [0.2, 0.25) is 0 Å². The van der Waals surface area contributed by atoms with Gasteiger partial charge < -0.3 is 4.74 Å². The highest BCUT2D eigenvalue weighted by Crippen LogP contribution is 2.22. The van der Waals surface area contributed by atoms with E-state index in [4.69, 9.17) is 4.74 Å². The SMILES string of the molecule is CCOC(=O)c1cnn2ccc(NS(=O)(=O)c3cccs3)cc12. The van der Waals surface area contributed by atoms with Crippen LogP contribution in [0.1, 0.15) is 17.3 Å². The van der Waals surface area contributed by atoms with Gasteiger partial charge in [0.05, 0.1) is 24.0 Å². The Bertz CT molecular complexity index is 946. The molecule has 0 fully saturated rings. The first kappa shape index (κ1) is 15.5. The Kier molecular flexibility index (Phi) is 4.05. The van der Waals surface area contributed by atoms with Gasteiger partial charge in [-0.3, -0.25) is 4.72 Å². The summed E-state index contributed by atoms with van der Waals surface area (Å²) in [6.07, 6.45) is 2.97. The fraction of sp³-hybridized carbons (Fsp3) is 0.143. The number of hydrogen-bond acceptors (Lipinski definition) is 6. The minimum Gasteiger partial charge on any atom is -0.462 e. The fourth-order valence-corrected chi connectivity index (χ4v) is 4.07. The lowest BCUT2D eigenvalue weighted by Crippen LogP contribution is -2.11. The van der Waals surface area contributed by atoms with Crippen molar-refractivity contribution in [2.45, 2.75) is 11.1 Å². The standard InChI is InChI=1S/C14H13N3O4S2/c1-2-21-14(18)11-9-15-17-6-5-10(8-12(11)17)16-23(19,20)13-4-3-7-22-13/h3-9,16H,2H2,1H3. The molecule has 3 aromatic heterocycles. The van der Waals surface area contributed by atoms with Crippen molar-refractivity contribution in [2.75, 3.05) is 11.3 Å². The molecule has 0 saturated carbocycles. The van der Waals surface area contributed by atoms with E-state index in [1.165, 1.54) is 16.8 Å². The van der Waals surface area contributed by atoms with Crippen molar-refractivity contribution in [1.82, 2.24) is 9.61 Å². The van der Waals surface area contributed by atoms with Gasteiger partial charge in [-0.1, -0.05) is 6.07 Å². The van der Waals surface area contributed by atoms with E-state index < -0.39 is 16.0 Å². The monoisotopic (exact) mass is 351 g/mol. The molecule has 1 N–H and O–H groups in total. The number of fused-ring (bicyclic) bond motifs is 1. The minimum absolute atomic E-state index is 0.219. The summed E-state index contributed by atoms with van der Waals surface area (Å²) in [5.74, 6) is -0.499. The van der Waals surface area contributed by atoms with Crippen LogP contribution in [0.5, 0.6) is 0 Å². The lowest BCUT2D eigenvalue weighted by atomic mass is 10.2. The number of esters is 1. The topological polar surface area (TPSA) is 89.8 Å². The third kappa shape index (κ3) is 3.06. The largest absolute Gasteiger partial charge is 0.462 e. The molecule has 0 radical (unpaired) electrons. The Morgan fingerprint density at radius 3 is 2.96 bits per heavy atom. The fourth-order valence-electron chi connectivity index (χ4n) is 2.03. The number of thiophene rings is 1. The van der Waals surface area contributed by atoms with Crippen LogP contribution in [0.15, 0.2) is 46.2 Å². The number of carbonyl (C=O) groups is 1. The van der Waals surface area contributed by atoms with E-state index in [2.05, 4.69) is 9.82 Å². The van der Waals surface area contributed by atoms with Gasteiger partial charge in [0, 0.05) is 6.20 Å². The Labute approximate surface area is 136 Å². The number of anilines is 1. The second-order valence-electron chi connectivity index (χ2n) is 4.56. The summed E-state index contributed by atoms with van der Waals surface area (Å²) in [6.45, 7) is 1.96. The van der Waals surface area contributed by atoms with Gasteiger partial charge in [0.25, 0.3) is 10.0 Å². The minimum atomic E-state index is -3.64. The Balaban J connectivity index is 1.97. The third-order valence-electron chi connectivity index (χ3n) is 3.03. The number of nitrogens with one attached hydrogen (secondary N) is 1. The molecule has 0 aliphatic heterocycles. The summed E-state index contributed by atoms with van der Waals surface area (Å²) in [7, 11) is -3.64.